The minimum Gasteiger partial charge on any atom is -0.318 e. The van der Waals surface area contributed by atoms with Crippen LogP contribution in [0, 0.1) is 0 Å². The molecule has 0 aliphatic heterocycles. The average Bonchev–Trinajstić information content (AvgIpc) is 1.67. The lowest BCUT2D eigenvalue weighted by atomic mass is 10.2. The lowest BCUT2D eigenvalue weighted by Gasteiger charge is -2.11. The lowest BCUT2D eigenvalue weighted by molar-refractivity contribution is -0.109. The van der Waals surface area contributed by atoms with Crippen LogP contribution in [0.2, 0.25) is 0 Å². The van der Waals surface area contributed by atoms with E-state index in [1.54, 1.807) is 21.0 Å². The zero-order valence-corrected chi connectivity index (χ0v) is 6.12. The maximum absolute atomic E-state index is 10.1. The first kappa shape index (κ1) is 7.98. The molecule has 48 valence electrons. The molecule has 0 aliphatic rings. The molecule has 0 heterocycles. The third-order valence-corrected chi connectivity index (χ3v) is 1.27. The molecule has 0 radical (unpaired) electrons. The molecule has 0 rings (SSSR count). The monoisotopic (exact) mass is 134 g/mol. The Labute approximate surface area is 53.8 Å². The third kappa shape index (κ3) is 3.04. The predicted molar refractivity (Wildman–Crippen MR) is 34.7 cm³/mol. The molecule has 3 heteroatoms. The number of hydrogen-bond donors (Lipinski definition) is 0. The van der Waals surface area contributed by atoms with Gasteiger partial charge in [-0.2, -0.15) is 0 Å². The summed E-state index contributed by atoms with van der Waals surface area (Å²) in [5.41, 5.74) is 0. The Bertz CT molecular complexity index is 80.5. The molecule has 0 spiro atoms. The molecule has 0 aromatic carbocycles. The SMILES string of the molecule is COSC(C)(C)C=O. The van der Waals surface area contributed by atoms with E-state index in [0.717, 1.165) is 6.29 Å². The molecule has 8 heavy (non-hydrogen) atoms. The second kappa shape index (κ2) is 3.10. The van der Waals surface area contributed by atoms with Gasteiger partial charge in [-0.25, -0.2) is 0 Å². The fourth-order valence-electron chi connectivity index (χ4n) is 0.234. The normalized spacial score (nSPS) is 11.4. The van der Waals surface area contributed by atoms with Gasteiger partial charge in [-0.3, -0.25) is 0 Å². The van der Waals surface area contributed by atoms with Crippen LogP contribution in [0.25, 0.3) is 0 Å². The van der Waals surface area contributed by atoms with Crippen LogP contribution in [-0.2, 0) is 8.98 Å². The minimum absolute atomic E-state index is 0.394. The molecule has 0 saturated carbocycles. The van der Waals surface area contributed by atoms with Gasteiger partial charge in [0.15, 0.2) is 0 Å². The van der Waals surface area contributed by atoms with Crippen LogP contribution in [0.3, 0.4) is 0 Å². The van der Waals surface area contributed by atoms with Gasteiger partial charge in [0.1, 0.15) is 6.29 Å². The number of hydrogen-bond acceptors (Lipinski definition) is 3. The molecule has 0 aliphatic carbocycles. The summed E-state index contributed by atoms with van der Waals surface area (Å²) >= 11 is 1.17. The van der Waals surface area contributed by atoms with Crippen molar-refractivity contribution in [2.24, 2.45) is 0 Å². The van der Waals surface area contributed by atoms with Crippen molar-refractivity contribution < 1.29 is 8.98 Å². The van der Waals surface area contributed by atoms with E-state index < -0.39 is 4.75 Å². The largest absolute Gasteiger partial charge is 0.318 e. The predicted octanol–water partition coefficient (Wildman–Crippen LogP) is 1.26. The highest BCUT2D eigenvalue weighted by Crippen LogP contribution is 2.20. The molecular formula is C5H10O2S. The number of aldehydes is 1. The topological polar surface area (TPSA) is 26.3 Å². The number of rotatable bonds is 3. The van der Waals surface area contributed by atoms with Crippen molar-refractivity contribution in [1.29, 1.82) is 0 Å². The summed E-state index contributed by atoms with van der Waals surface area (Å²) in [6.07, 6.45) is 0.862. The van der Waals surface area contributed by atoms with Gasteiger partial charge in [-0.05, 0) is 13.8 Å². The average molecular weight is 134 g/mol. The number of carbonyl (C=O) groups excluding carboxylic acids is 1. The Morgan fingerprint density at radius 1 is 1.62 bits per heavy atom. The van der Waals surface area contributed by atoms with E-state index in [0.29, 0.717) is 0 Å². The van der Waals surface area contributed by atoms with E-state index in [-0.39, 0.29) is 0 Å². The van der Waals surface area contributed by atoms with Crippen molar-refractivity contribution in [3.8, 4) is 0 Å². The maximum atomic E-state index is 10.1. The van der Waals surface area contributed by atoms with Gasteiger partial charge in [0.05, 0.1) is 11.9 Å². The van der Waals surface area contributed by atoms with Gasteiger partial charge in [0.25, 0.3) is 0 Å². The first-order valence-corrected chi connectivity index (χ1v) is 3.04. The van der Waals surface area contributed by atoms with E-state index in [1.807, 2.05) is 0 Å². The molecule has 0 N–H and O–H groups in total. The summed E-state index contributed by atoms with van der Waals surface area (Å²) in [4.78, 5) is 10.1. The highest BCUT2D eigenvalue weighted by Gasteiger charge is 2.16. The molecule has 0 atom stereocenters. The van der Waals surface area contributed by atoms with Crippen molar-refractivity contribution in [3.05, 3.63) is 0 Å². The van der Waals surface area contributed by atoms with Gasteiger partial charge < -0.3 is 8.98 Å². The summed E-state index contributed by atoms with van der Waals surface area (Å²) in [6, 6.07) is 0. The summed E-state index contributed by atoms with van der Waals surface area (Å²) in [7, 11) is 1.55. The second-order valence-electron chi connectivity index (χ2n) is 1.97. The van der Waals surface area contributed by atoms with Gasteiger partial charge >= 0.3 is 0 Å². The summed E-state index contributed by atoms with van der Waals surface area (Å²) in [5, 5.41) is 0. The van der Waals surface area contributed by atoms with Crippen molar-refractivity contribution in [2.45, 2.75) is 18.6 Å². The fraction of sp³-hybridized carbons (Fsp3) is 0.800. The Hall–Kier alpha value is -0.0200. The fourth-order valence-corrected chi connectivity index (χ4v) is 0.703. The van der Waals surface area contributed by atoms with E-state index in [2.05, 4.69) is 4.18 Å². The van der Waals surface area contributed by atoms with Gasteiger partial charge in [0, 0.05) is 12.0 Å². The highest BCUT2D eigenvalue weighted by atomic mass is 32.2. The Morgan fingerprint density at radius 3 is 2.25 bits per heavy atom. The van der Waals surface area contributed by atoms with E-state index in [4.69, 9.17) is 0 Å². The summed E-state index contributed by atoms with van der Waals surface area (Å²) < 4.78 is 4.29. The van der Waals surface area contributed by atoms with E-state index >= 15 is 0 Å². The quantitative estimate of drug-likeness (QED) is 0.429. The molecule has 0 aromatic heterocycles. The molecule has 0 amide bonds. The molecule has 0 unspecified atom stereocenters. The first-order chi connectivity index (χ1) is 3.62. The Morgan fingerprint density at radius 2 is 2.12 bits per heavy atom. The van der Waals surface area contributed by atoms with Crippen LogP contribution < -0.4 is 0 Å². The first-order valence-electron chi connectivity index (χ1n) is 2.30. The molecule has 0 fully saturated rings. The van der Waals surface area contributed by atoms with Crippen LogP contribution in [0.4, 0.5) is 0 Å². The van der Waals surface area contributed by atoms with Gasteiger partial charge in [0.2, 0.25) is 0 Å². The lowest BCUT2D eigenvalue weighted by Crippen LogP contribution is -2.15. The molecule has 0 bridgehead atoms. The maximum Gasteiger partial charge on any atom is 0.137 e. The van der Waals surface area contributed by atoms with E-state index in [9.17, 15) is 4.79 Å². The third-order valence-electron chi connectivity index (χ3n) is 0.582. The number of carbonyl (C=O) groups is 1. The summed E-state index contributed by atoms with van der Waals surface area (Å²) in [5.74, 6) is 0. The summed E-state index contributed by atoms with van der Waals surface area (Å²) in [6.45, 7) is 3.60. The van der Waals surface area contributed by atoms with Crippen LogP contribution in [0.15, 0.2) is 0 Å². The second-order valence-corrected chi connectivity index (χ2v) is 3.52. The Kier molecular flexibility index (Phi) is 3.09. The van der Waals surface area contributed by atoms with Crippen molar-refractivity contribution in [3.63, 3.8) is 0 Å². The molecule has 0 aromatic rings. The van der Waals surface area contributed by atoms with Crippen molar-refractivity contribution in [1.82, 2.24) is 0 Å². The van der Waals surface area contributed by atoms with Crippen molar-refractivity contribution >= 4 is 18.3 Å². The molecule has 0 saturated heterocycles. The smallest absolute Gasteiger partial charge is 0.137 e. The molecule has 2 nitrogen and oxygen atoms in total. The van der Waals surface area contributed by atoms with Crippen LogP contribution >= 0.6 is 12.0 Å². The highest BCUT2D eigenvalue weighted by molar-refractivity contribution is 7.96. The van der Waals surface area contributed by atoms with Gasteiger partial charge in [-0.1, -0.05) is 0 Å². The van der Waals surface area contributed by atoms with Gasteiger partial charge in [-0.15, -0.1) is 0 Å². The van der Waals surface area contributed by atoms with Crippen LogP contribution in [0.1, 0.15) is 13.8 Å². The minimum atomic E-state index is -0.394. The van der Waals surface area contributed by atoms with Crippen LogP contribution in [0.5, 0.6) is 0 Å². The zero-order valence-electron chi connectivity index (χ0n) is 5.30. The molecular weight excluding hydrogens is 124 g/mol. The van der Waals surface area contributed by atoms with Crippen molar-refractivity contribution in [2.75, 3.05) is 7.11 Å². The zero-order chi connectivity index (χ0) is 6.62. The van der Waals surface area contributed by atoms with E-state index in [1.165, 1.54) is 12.0 Å². The Balaban J connectivity index is 3.53. The van der Waals surface area contributed by atoms with Crippen LogP contribution in [-0.4, -0.2) is 18.1 Å². The standard InChI is InChI=1S/C5H10O2S/c1-5(2,4-6)8-7-3/h4H,1-3H3.